The highest BCUT2D eigenvalue weighted by Gasteiger charge is 2.14. The molecule has 4 heteroatoms. The van der Waals surface area contributed by atoms with Gasteiger partial charge in [0.1, 0.15) is 0 Å². The maximum atomic E-state index is 11.7. The highest BCUT2D eigenvalue weighted by atomic mass is 16.5. The van der Waals surface area contributed by atoms with Crippen molar-refractivity contribution in [1.82, 2.24) is 5.32 Å². The summed E-state index contributed by atoms with van der Waals surface area (Å²) in [5.74, 6) is -0.215. The van der Waals surface area contributed by atoms with Crippen LogP contribution in [0.5, 0.6) is 0 Å². The zero-order valence-corrected chi connectivity index (χ0v) is 9.40. The van der Waals surface area contributed by atoms with E-state index in [2.05, 4.69) is 5.32 Å². The van der Waals surface area contributed by atoms with Crippen molar-refractivity contribution in [2.75, 3.05) is 13.7 Å². The number of methoxy groups -OCH3 is 1. The minimum absolute atomic E-state index is 0.0658. The number of ketones is 2. The number of Topliss-reactive ketones (excluding diaryl/α,β-unsaturated/α-hetero) is 2. The molecule has 0 aliphatic rings. The third-order valence-electron chi connectivity index (χ3n) is 2.15. The van der Waals surface area contributed by atoms with Gasteiger partial charge in [-0.3, -0.25) is 14.9 Å². The van der Waals surface area contributed by atoms with Crippen LogP contribution in [-0.2, 0) is 9.53 Å². The van der Waals surface area contributed by atoms with Crippen molar-refractivity contribution in [3.05, 3.63) is 35.9 Å². The normalized spacial score (nSPS) is 12.1. The number of ether oxygens (including phenoxy) is 1. The predicted molar refractivity (Wildman–Crippen MR) is 60.3 cm³/mol. The van der Waals surface area contributed by atoms with Crippen LogP contribution in [0.1, 0.15) is 17.3 Å². The molecule has 0 aliphatic carbocycles. The van der Waals surface area contributed by atoms with Gasteiger partial charge in [-0.2, -0.15) is 0 Å². The summed E-state index contributed by atoms with van der Waals surface area (Å²) in [5.41, 5.74) is 0.619. The van der Waals surface area contributed by atoms with Crippen molar-refractivity contribution in [2.24, 2.45) is 0 Å². The van der Waals surface area contributed by atoms with Gasteiger partial charge in [-0.05, 0) is 6.92 Å². The van der Waals surface area contributed by atoms with E-state index in [1.165, 1.54) is 14.0 Å². The lowest BCUT2D eigenvalue weighted by Crippen LogP contribution is -2.39. The highest BCUT2D eigenvalue weighted by molar-refractivity contribution is 5.97. The SMILES string of the molecule is COC(NCC(=O)c1ccccc1)C(C)=O. The Hall–Kier alpha value is -1.52. The summed E-state index contributed by atoms with van der Waals surface area (Å²) in [7, 11) is 1.42. The van der Waals surface area contributed by atoms with Crippen LogP contribution in [0.2, 0.25) is 0 Å². The molecule has 0 aliphatic heterocycles. The van der Waals surface area contributed by atoms with E-state index in [4.69, 9.17) is 4.74 Å². The molecule has 0 radical (unpaired) electrons. The molecule has 1 N–H and O–H groups in total. The summed E-state index contributed by atoms with van der Waals surface area (Å²) in [6, 6.07) is 8.91. The quantitative estimate of drug-likeness (QED) is 0.575. The van der Waals surface area contributed by atoms with Crippen LogP contribution < -0.4 is 5.32 Å². The maximum absolute atomic E-state index is 11.7. The molecule has 16 heavy (non-hydrogen) atoms. The Morgan fingerprint density at radius 1 is 1.31 bits per heavy atom. The summed E-state index contributed by atoms with van der Waals surface area (Å²) in [5, 5.41) is 2.75. The van der Waals surface area contributed by atoms with Crippen LogP contribution in [0.3, 0.4) is 0 Å². The Morgan fingerprint density at radius 3 is 2.44 bits per heavy atom. The lowest BCUT2D eigenvalue weighted by atomic mass is 10.1. The average molecular weight is 221 g/mol. The first kappa shape index (κ1) is 12.5. The number of nitrogens with one attached hydrogen (secondary N) is 1. The molecule has 86 valence electrons. The van der Waals surface area contributed by atoms with E-state index < -0.39 is 6.23 Å². The van der Waals surface area contributed by atoms with E-state index in [-0.39, 0.29) is 18.1 Å². The molecule has 1 aromatic carbocycles. The first-order valence-electron chi connectivity index (χ1n) is 5.00. The van der Waals surface area contributed by atoms with Gasteiger partial charge in [-0.25, -0.2) is 0 Å². The second-order valence-electron chi connectivity index (χ2n) is 3.40. The molecule has 0 saturated carbocycles. The van der Waals surface area contributed by atoms with Crippen molar-refractivity contribution >= 4 is 11.6 Å². The second-order valence-corrected chi connectivity index (χ2v) is 3.40. The van der Waals surface area contributed by atoms with Crippen LogP contribution in [-0.4, -0.2) is 31.4 Å². The molecule has 0 spiro atoms. The number of carbonyl (C=O) groups is 2. The average Bonchev–Trinajstić information content (AvgIpc) is 2.30. The summed E-state index contributed by atoms with van der Waals surface area (Å²) in [6.45, 7) is 1.50. The third-order valence-corrected chi connectivity index (χ3v) is 2.15. The molecule has 4 nitrogen and oxygen atoms in total. The van der Waals surface area contributed by atoms with E-state index in [1.54, 1.807) is 24.3 Å². The Morgan fingerprint density at radius 2 is 1.94 bits per heavy atom. The van der Waals surface area contributed by atoms with Crippen LogP contribution in [0, 0.1) is 0 Å². The fourth-order valence-electron chi connectivity index (χ4n) is 1.30. The number of hydrogen-bond donors (Lipinski definition) is 1. The minimum Gasteiger partial charge on any atom is -0.359 e. The van der Waals surface area contributed by atoms with Gasteiger partial charge in [0, 0.05) is 12.7 Å². The van der Waals surface area contributed by atoms with Gasteiger partial charge in [0.2, 0.25) is 0 Å². The molecule has 1 rings (SSSR count). The van der Waals surface area contributed by atoms with E-state index in [9.17, 15) is 9.59 Å². The van der Waals surface area contributed by atoms with Gasteiger partial charge < -0.3 is 4.74 Å². The topological polar surface area (TPSA) is 55.4 Å². The van der Waals surface area contributed by atoms with Crippen molar-refractivity contribution in [1.29, 1.82) is 0 Å². The Balaban J connectivity index is 2.50. The molecule has 1 aromatic rings. The molecule has 0 bridgehead atoms. The van der Waals surface area contributed by atoms with Crippen molar-refractivity contribution < 1.29 is 14.3 Å². The third kappa shape index (κ3) is 3.56. The fourth-order valence-corrected chi connectivity index (χ4v) is 1.30. The zero-order valence-electron chi connectivity index (χ0n) is 9.40. The van der Waals surface area contributed by atoms with E-state index in [1.807, 2.05) is 6.07 Å². The largest absolute Gasteiger partial charge is 0.359 e. The molecule has 1 unspecified atom stereocenters. The molecular formula is C12H15NO3. The van der Waals surface area contributed by atoms with Crippen molar-refractivity contribution in [3.63, 3.8) is 0 Å². The molecule has 0 amide bonds. The lowest BCUT2D eigenvalue weighted by molar-refractivity contribution is -0.128. The van der Waals surface area contributed by atoms with Crippen molar-refractivity contribution in [2.45, 2.75) is 13.2 Å². The molecule has 0 heterocycles. The monoisotopic (exact) mass is 221 g/mol. The van der Waals surface area contributed by atoms with Crippen LogP contribution >= 0.6 is 0 Å². The number of benzene rings is 1. The second kappa shape index (κ2) is 6.15. The molecule has 1 atom stereocenters. The Labute approximate surface area is 94.6 Å². The van der Waals surface area contributed by atoms with Gasteiger partial charge in [0.05, 0.1) is 6.54 Å². The van der Waals surface area contributed by atoms with Gasteiger partial charge in [-0.1, -0.05) is 30.3 Å². The number of rotatable bonds is 6. The van der Waals surface area contributed by atoms with Gasteiger partial charge in [0.25, 0.3) is 0 Å². The smallest absolute Gasteiger partial charge is 0.176 e. The number of hydrogen-bond acceptors (Lipinski definition) is 4. The summed E-state index contributed by atoms with van der Waals surface area (Å²) in [4.78, 5) is 22.7. The minimum atomic E-state index is -0.715. The summed E-state index contributed by atoms with van der Waals surface area (Å²) in [6.07, 6.45) is -0.715. The van der Waals surface area contributed by atoms with Crippen LogP contribution in [0.4, 0.5) is 0 Å². The maximum Gasteiger partial charge on any atom is 0.176 e. The van der Waals surface area contributed by atoms with Gasteiger partial charge in [-0.15, -0.1) is 0 Å². The van der Waals surface area contributed by atoms with Gasteiger partial charge in [0.15, 0.2) is 17.8 Å². The van der Waals surface area contributed by atoms with Gasteiger partial charge >= 0.3 is 0 Å². The molecule has 0 aromatic heterocycles. The fraction of sp³-hybridized carbons (Fsp3) is 0.333. The summed E-state index contributed by atoms with van der Waals surface area (Å²) >= 11 is 0. The highest BCUT2D eigenvalue weighted by Crippen LogP contribution is 1.99. The Bertz CT molecular complexity index is 362. The summed E-state index contributed by atoms with van der Waals surface area (Å²) < 4.78 is 4.89. The first-order chi connectivity index (χ1) is 7.65. The first-order valence-corrected chi connectivity index (χ1v) is 5.00. The van der Waals surface area contributed by atoms with E-state index in [0.717, 1.165) is 0 Å². The molecule has 0 fully saturated rings. The lowest BCUT2D eigenvalue weighted by Gasteiger charge is -2.12. The van der Waals surface area contributed by atoms with E-state index >= 15 is 0 Å². The number of carbonyl (C=O) groups excluding carboxylic acids is 2. The van der Waals surface area contributed by atoms with Crippen molar-refractivity contribution in [3.8, 4) is 0 Å². The zero-order chi connectivity index (χ0) is 12.0. The predicted octanol–water partition coefficient (Wildman–Crippen LogP) is 1.02. The standard InChI is InChI=1S/C12H15NO3/c1-9(14)12(16-2)13-8-11(15)10-6-4-3-5-7-10/h3-7,12-13H,8H2,1-2H3. The Kier molecular flexibility index (Phi) is 4.82. The van der Waals surface area contributed by atoms with Crippen LogP contribution in [0.15, 0.2) is 30.3 Å². The molecular weight excluding hydrogens is 206 g/mol. The molecule has 0 saturated heterocycles. The van der Waals surface area contributed by atoms with E-state index in [0.29, 0.717) is 5.56 Å². The van der Waals surface area contributed by atoms with Crippen LogP contribution in [0.25, 0.3) is 0 Å².